The molecule has 2 aromatic rings. The summed E-state index contributed by atoms with van der Waals surface area (Å²) in [5.41, 5.74) is 0.646. The van der Waals surface area contributed by atoms with Crippen LogP contribution in [0.15, 0.2) is 34.3 Å². The molecule has 1 fully saturated rings. The van der Waals surface area contributed by atoms with Crippen molar-refractivity contribution in [1.82, 2.24) is 9.88 Å². The third kappa shape index (κ3) is 5.31. The molecule has 2 aromatic heterocycles. The number of thiazole rings is 1. The van der Waals surface area contributed by atoms with Crippen molar-refractivity contribution in [1.29, 1.82) is 5.26 Å². The van der Waals surface area contributed by atoms with Gasteiger partial charge in [-0.3, -0.25) is 14.2 Å². The summed E-state index contributed by atoms with van der Waals surface area (Å²) in [6.07, 6.45) is 3.36. The number of rotatable bonds is 7. The number of ether oxygens (including phenoxy) is 1. The normalized spacial score (nSPS) is 16.3. The monoisotopic (exact) mass is 431 g/mol. The number of allylic oxidation sites excluding steroid dienone is 1. The Morgan fingerprint density at radius 1 is 1.45 bits per heavy atom. The van der Waals surface area contributed by atoms with Crippen LogP contribution in [0.1, 0.15) is 5.56 Å². The smallest absolute Gasteiger partial charge is 0.269 e. The first kappa shape index (κ1) is 21.2. The molecule has 2 N–H and O–H groups in total. The summed E-state index contributed by atoms with van der Waals surface area (Å²) < 4.78 is 7.60. The predicted octanol–water partition coefficient (Wildman–Crippen LogP) is -1.31. The average Bonchev–Trinajstić information content (AvgIpc) is 3.34. The van der Waals surface area contributed by atoms with Gasteiger partial charge in [-0.05, 0) is 28.5 Å². The number of carbonyl (C=O) groups is 1. The molecule has 9 heteroatoms. The first-order chi connectivity index (χ1) is 14.1. The minimum atomic E-state index is -0.457. The van der Waals surface area contributed by atoms with Crippen LogP contribution in [0.5, 0.6) is 0 Å². The molecule has 0 unspecified atom stereocenters. The summed E-state index contributed by atoms with van der Waals surface area (Å²) >= 11 is 2.70. The Hall–Kier alpha value is -2.51. The zero-order valence-electron chi connectivity index (χ0n) is 16.0. The molecule has 3 rings (SSSR count). The molecule has 0 atom stereocenters. The minimum Gasteiger partial charge on any atom is -0.370 e. The molecule has 1 amide bonds. The highest BCUT2D eigenvalue weighted by Gasteiger charge is 2.17. The van der Waals surface area contributed by atoms with E-state index < -0.39 is 5.91 Å². The minimum absolute atomic E-state index is 0.0455. The van der Waals surface area contributed by atoms with Crippen LogP contribution in [0, 0.1) is 11.3 Å². The van der Waals surface area contributed by atoms with E-state index >= 15 is 0 Å². The highest BCUT2D eigenvalue weighted by Crippen LogP contribution is 2.06. The van der Waals surface area contributed by atoms with Gasteiger partial charge in [0.2, 0.25) is 0 Å². The number of nitrogens with zero attached hydrogens (tertiary/aromatic N) is 2. The summed E-state index contributed by atoms with van der Waals surface area (Å²) in [6.45, 7) is 8.44. The second-order valence-corrected chi connectivity index (χ2v) is 8.34. The molecule has 152 valence electrons. The van der Waals surface area contributed by atoms with Crippen molar-refractivity contribution in [2.45, 2.75) is 6.54 Å². The van der Waals surface area contributed by atoms with Gasteiger partial charge in [-0.2, -0.15) is 16.6 Å². The summed E-state index contributed by atoms with van der Waals surface area (Å²) in [7, 11) is 0. The topological polar surface area (TPSA) is 88.6 Å². The van der Waals surface area contributed by atoms with Gasteiger partial charge in [-0.15, -0.1) is 17.9 Å². The van der Waals surface area contributed by atoms with E-state index in [2.05, 4.69) is 11.9 Å². The zero-order chi connectivity index (χ0) is 20.6. The summed E-state index contributed by atoms with van der Waals surface area (Å²) in [5, 5.41) is 16.3. The average molecular weight is 432 g/mol. The lowest BCUT2D eigenvalue weighted by Crippen LogP contribution is -3.14. The van der Waals surface area contributed by atoms with Gasteiger partial charge in [0.25, 0.3) is 11.5 Å². The van der Waals surface area contributed by atoms with E-state index in [-0.39, 0.29) is 17.7 Å². The molecule has 0 bridgehead atoms. The molecule has 0 aromatic carbocycles. The molecule has 7 nitrogen and oxygen atoms in total. The number of carbonyl (C=O) groups excluding carboxylic acids is 1. The van der Waals surface area contributed by atoms with Gasteiger partial charge in [-0.25, -0.2) is 0 Å². The predicted molar refractivity (Wildman–Crippen MR) is 114 cm³/mol. The van der Waals surface area contributed by atoms with Crippen LogP contribution < -0.4 is 25.0 Å². The lowest BCUT2D eigenvalue weighted by Gasteiger charge is -2.23. The number of aromatic nitrogens is 1. The molecular formula is C20H23N4O3S2+. The van der Waals surface area contributed by atoms with Crippen molar-refractivity contribution in [3.63, 3.8) is 0 Å². The molecule has 0 aliphatic carbocycles. The van der Waals surface area contributed by atoms with Crippen LogP contribution in [0.2, 0.25) is 0 Å². The summed E-state index contributed by atoms with van der Waals surface area (Å²) in [4.78, 5) is 26.8. The molecule has 0 spiro atoms. The van der Waals surface area contributed by atoms with E-state index in [4.69, 9.17) is 4.74 Å². The van der Waals surface area contributed by atoms with E-state index in [0.717, 1.165) is 49.7 Å². The highest BCUT2D eigenvalue weighted by atomic mass is 32.1. The van der Waals surface area contributed by atoms with Gasteiger partial charge >= 0.3 is 0 Å². The summed E-state index contributed by atoms with van der Waals surface area (Å²) in [5.74, 6) is -0.457. The Bertz CT molecular complexity index is 1070. The van der Waals surface area contributed by atoms with Crippen LogP contribution in [0.4, 0.5) is 0 Å². The number of amides is 1. The van der Waals surface area contributed by atoms with Crippen molar-refractivity contribution in [2.24, 2.45) is 0 Å². The zero-order valence-corrected chi connectivity index (χ0v) is 17.6. The lowest BCUT2D eigenvalue weighted by atomic mass is 10.3. The van der Waals surface area contributed by atoms with E-state index in [0.29, 0.717) is 15.7 Å². The quantitative estimate of drug-likeness (QED) is 0.533. The molecule has 29 heavy (non-hydrogen) atoms. The fraction of sp³-hybridized carbons (Fsp3) is 0.350. The Labute approximate surface area is 176 Å². The van der Waals surface area contributed by atoms with Crippen LogP contribution in [0.3, 0.4) is 0 Å². The Kier molecular flexibility index (Phi) is 7.55. The van der Waals surface area contributed by atoms with Crippen LogP contribution in [-0.2, 0) is 16.1 Å². The lowest BCUT2D eigenvalue weighted by molar-refractivity contribution is -0.906. The van der Waals surface area contributed by atoms with Gasteiger partial charge in [0.05, 0.1) is 30.8 Å². The maximum atomic E-state index is 12.8. The third-order valence-corrected chi connectivity index (χ3v) is 6.41. The van der Waals surface area contributed by atoms with Crippen molar-refractivity contribution < 1.29 is 14.4 Å². The standard InChI is InChI=1S/C20H22N4O3S2/c1-2-5-24-19(26)17(12-15-3-11-28-14-15)29-20(24)16(13-21)18(25)22-4-6-23-7-9-27-10-8-23/h2-3,11-12,14H,1,4-10H2,(H,22,25)/p+1/b17-12+,20-16+. The first-order valence-corrected chi connectivity index (χ1v) is 11.1. The maximum Gasteiger partial charge on any atom is 0.269 e. The fourth-order valence-electron chi connectivity index (χ4n) is 3.06. The van der Waals surface area contributed by atoms with Crippen molar-refractivity contribution >= 4 is 40.2 Å². The highest BCUT2D eigenvalue weighted by molar-refractivity contribution is 7.08. The van der Waals surface area contributed by atoms with E-state index in [9.17, 15) is 14.9 Å². The van der Waals surface area contributed by atoms with Gasteiger partial charge in [0.15, 0.2) is 5.57 Å². The third-order valence-electron chi connectivity index (χ3n) is 4.58. The largest absolute Gasteiger partial charge is 0.370 e. The SMILES string of the molecule is C=CCn1c(=O)/c(=C\c2ccsc2)s/c1=C(\C#N)C(=O)NCC[NH+]1CCOCC1. The van der Waals surface area contributed by atoms with Crippen molar-refractivity contribution in [3.05, 3.63) is 54.6 Å². The number of nitrogens with one attached hydrogen (secondary N) is 2. The molecule has 1 aliphatic rings. The molecule has 0 radical (unpaired) electrons. The number of hydrogen-bond acceptors (Lipinski definition) is 6. The van der Waals surface area contributed by atoms with E-state index in [1.54, 1.807) is 12.2 Å². The fourth-order valence-corrected chi connectivity index (χ4v) is 4.78. The molecule has 3 heterocycles. The number of morpholine rings is 1. The molecule has 1 aliphatic heterocycles. The number of nitriles is 1. The number of thiophene rings is 1. The Morgan fingerprint density at radius 2 is 2.24 bits per heavy atom. The second kappa shape index (κ2) is 10.3. The van der Waals surface area contributed by atoms with Gasteiger partial charge in [-0.1, -0.05) is 6.08 Å². The Morgan fingerprint density at radius 3 is 2.90 bits per heavy atom. The number of hydrogen-bond donors (Lipinski definition) is 2. The first-order valence-electron chi connectivity index (χ1n) is 9.32. The van der Waals surface area contributed by atoms with E-state index in [1.807, 2.05) is 22.9 Å². The van der Waals surface area contributed by atoms with Gasteiger partial charge < -0.3 is 15.0 Å². The van der Waals surface area contributed by atoms with Crippen molar-refractivity contribution in [3.8, 4) is 6.07 Å². The van der Waals surface area contributed by atoms with Crippen molar-refractivity contribution in [2.75, 3.05) is 39.4 Å². The van der Waals surface area contributed by atoms with Crippen LogP contribution >= 0.6 is 22.7 Å². The molecule has 1 saturated heterocycles. The van der Waals surface area contributed by atoms with Gasteiger partial charge in [0, 0.05) is 6.54 Å². The second-order valence-electron chi connectivity index (χ2n) is 6.53. The van der Waals surface area contributed by atoms with Crippen LogP contribution in [-0.4, -0.2) is 49.9 Å². The summed E-state index contributed by atoms with van der Waals surface area (Å²) in [6, 6.07) is 3.90. The van der Waals surface area contributed by atoms with Crippen LogP contribution in [0.25, 0.3) is 11.6 Å². The van der Waals surface area contributed by atoms with E-state index in [1.165, 1.54) is 20.8 Å². The Balaban J connectivity index is 1.89. The molecular weight excluding hydrogens is 408 g/mol. The maximum absolute atomic E-state index is 12.8. The molecule has 0 saturated carbocycles. The number of quaternary nitrogens is 1. The van der Waals surface area contributed by atoms with Gasteiger partial charge in [0.1, 0.15) is 23.8 Å².